The molecule has 0 fully saturated rings. The second-order valence-electron chi connectivity index (χ2n) is 4.23. The summed E-state index contributed by atoms with van der Waals surface area (Å²) in [6.45, 7) is 9.68. The van der Waals surface area contributed by atoms with E-state index >= 15 is 0 Å². The van der Waals surface area contributed by atoms with Crippen LogP contribution in [0.1, 0.15) is 19.4 Å². The van der Waals surface area contributed by atoms with Gasteiger partial charge >= 0.3 is 0 Å². The zero-order chi connectivity index (χ0) is 12.0. The van der Waals surface area contributed by atoms with Gasteiger partial charge in [-0.05, 0) is 11.6 Å². The third-order valence-corrected chi connectivity index (χ3v) is 2.32. The van der Waals surface area contributed by atoms with E-state index in [1.165, 1.54) is 5.56 Å². The smallest absolute Gasteiger partial charge is 0.128 e. The number of hydrogen-bond donors (Lipinski definition) is 1. The molecule has 0 aliphatic rings. The Bertz CT molecular complexity index is 316. The second kappa shape index (κ2) is 6.28. The monoisotopic (exact) mass is 219 g/mol. The summed E-state index contributed by atoms with van der Waals surface area (Å²) in [6.07, 6.45) is 3.79. The third kappa shape index (κ3) is 4.03. The molecule has 88 valence electrons. The molecule has 3 heteroatoms. The van der Waals surface area contributed by atoms with Crippen LogP contribution in [0.25, 0.3) is 0 Å². The maximum absolute atomic E-state index is 4.41. The average molecular weight is 219 g/mol. The molecule has 0 aromatic carbocycles. The van der Waals surface area contributed by atoms with E-state index in [1.807, 2.05) is 25.4 Å². The van der Waals surface area contributed by atoms with E-state index in [2.05, 4.69) is 41.7 Å². The van der Waals surface area contributed by atoms with E-state index in [-0.39, 0.29) is 0 Å². The molecule has 3 nitrogen and oxygen atoms in total. The van der Waals surface area contributed by atoms with Crippen LogP contribution in [-0.2, 0) is 6.54 Å². The highest BCUT2D eigenvalue weighted by Crippen LogP contribution is 2.09. The Hall–Kier alpha value is -1.35. The molecule has 0 bridgehead atoms. The van der Waals surface area contributed by atoms with Crippen LogP contribution in [0.3, 0.4) is 0 Å². The lowest BCUT2D eigenvalue weighted by molar-refractivity contribution is 0.588. The van der Waals surface area contributed by atoms with E-state index in [1.54, 1.807) is 0 Å². The number of anilines is 1. The first-order valence-corrected chi connectivity index (χ1v) is 5.64. The van der Waals surface area contributed by atoms with Crippen LogP contribution in [0, 0.1) is 0 Å². The van der Waals surface area contributed by atoms with E-state index in [0.717, 1.165) is 18.9 Å². The lowest BCUT2D eigenvalue weighted by Gasteiger charge is -2.16. The molecule has 0 radical (unpaired) electrons. The maximum Gasteiger partial charge on any atom is 0.128 e. The molecule has 0 atom stereocenters. The van der Waals surface area contributed by atoms with Crippen LogP contribution >= 0.6 is 0 Å². The number of aromatic nitrogens is 1. The van der Waals surface area contributed by atoms with Crippen LogP contribution in [0.2, 0.25) is 0 Å². The molecular weight excluding hydrogens is 198 g/mol. The largest absolute Gasteiger partial charge is 0.356 e. The fourth-order valence-corrected chi connectivity index (χ4v) is 1.36. The highest BCUT2D eigenvalue weighted by Gasteiger charge is 2.00. The second-order valence-corrected chi connectivity index (χ2v) is 4.23. The Morgan fingerprint density at radius 1 is 1.50 bits per heavy atom. The van der Waals surface area contributed by atoms with Crippen LogP contribution < -0.4 is 10.2 Å². The van der Waals surface area contributed by atoms with Crippen molar-refractivity contribution >= 4 is 5.82 Å². The summed E-state index contributed by atoms with van der Waals surface area (Å²) in [7, 11) is 2.01. The minimum absolute atomic E-state index is 0.503. The third-order valence-electron chi connectivity index (χ3n) is 2.32. The van der Waals surface area contributed by atoms with Crippen LogP contribution in [0.4, 0.5) is 5.82 Å². The van der Waals surface area contributed by atoms with Crippen LogP contribution in [-0.4, -0.2) is 24.6 Å². The van der Waals surface area contributed by atoms with Crippen LogP contribution in [0.5, 0.6) is 0 Å². The van der Waals surface area contributed by atoms with Crippen molar-refractivity contribution in [1.82, 2.24) is 10.3 Å². The Labute approximate surface area is 98.2 Å². The first-order chi connectivity index (χ1) is 7.63. The predicted molar refractivity (Wildman–Crippen MR) is 69.7 cm³/mol. The Morgan fingerprint density at radius 2 is 2.25 bits per heavy atom. The van der Waals surface area contributed by atoms with Gasteiger partial charge in [-0.15, -0.1) is 6.58 Å². The summed E-state index contributed by atoms with van der Waals surface area (Å²) in [5.41, 5.74) is 1.21. The summed E-state index contributed by atoms with van der Waals surface area (Å²) < 4.78 is 0. The summed E-state index contributed by atoms with van der Waals surface area (Å²) in [5.74, 6) is 0.980. The molecule has 1 N–H and O–H groups in total. The van der Waals surface area contributed by atoms with Gasteiger partial charge in [0.1, 0.15) is 5.82 Å². The van der Waals surface area contributed by atoms with Crippen molar-refractivity contribution in [2.24, 2.45) is 0 Å². The molecule has 0 aliphatic heterocycles. The molecule has 0 saturated heterocycles. The summed E-state index contributed by atoms with van der Waals surface area (Å²) in [4.78, 5) is 6.48. The normalized spacial score (nSPS) is 10.5. The van der Waals surface area contributed by atoms with Gasteiger partial charge in [0.2, 0.25) is 0 Å². The zero-order valence-corrected chi connectivity index (χ0v) is 10.4. The van der Waals surface area contributed by atoms with E-state index in [0.29, 0.717) is 6.04 Å². The van der Waals surface area contributed by atoms with Gasteiger partial charge in [0.05, 0.1) is 0 Å². The van der Waals surface area contributed by atoms with Gasteiger partial charge in [-0.2, -0.15) is 0 Å². The lowest BCUT2D eigenvalue weighted by Crippen LogP contribution is -2.22. The molecule has 0 unspecified atom stereocenters. The molecular formula is C13H21N3. The fraction of sp³-hybridized carbons (Fsp3) is 0.462. The van der Waals surface area contributed by atoms with Gasteiger partial charge < -0.3 is 10.2 Å². The lowest BCUT2D eigenvalue weighted by atomic mass is 10.2. The maximum atomic E-state index is 4.41. The number of nitrogens with zero attached hydrogens (tertiary/aromatic N) is 2. The van der Waals surface area contributed by atoms with Gasteiger partial charge in [0, 0.05) is 32.4 Å². The van der Waals surface area contributed by atoms with Crippen molar-refractivity contribution in [3.63, 3.8) is 0 Å². The SMILES string of the molecule is C=CCN(C)c1ccc(CNC(C)C)cn1. The molecule has 0 spiro atoms. The van der Waals surface area contributed by atoms with Gasteiger partial charge in [0.25, 0.3) is 0 Å². The van der Waals surface area contributed by atoms with Gasteiger partial charge in [0.15, 0.2) is 0 Å². The van der Waals surface area contributed by atoms with E-state index in [9.17, 15) is 0 Å². The summed E-state index contributed by atoms with van der Waals surface area (Å²) in [5, 5.41) is 3.37. The quantitative estimate of drug-likeness (QED) is 0.743. The van der Waals surface area contributed by atoms with Gasteiger partial charge in [-0.1, -0.05) is 26.0 Å². The molecule has 1 aromatic heterocycles. The molecule has 16 heavy (non-hydrogen) atoms. The minimum atomic E-state index is 0.503. The Morgan fingerprint density at radius 3 is 2.75 bits per heavy atom. The fourth-order valence-electron chi connectivity index (χ4n) is 1.36. The highest BCUT2D eigenvalue weighted by atomic mass is 15.1. The molecule has 1 rings (SSSR count). The van der Waals surface area contributed by atoms with Crippen LogP contribution in [0.15, 0.2) is 31.0 Å². The standard InChI is InChI=1S/C13H21N3/c1-5-8-16(4)13-7-6-12(10-15-13)9-14-11(2)3/h5-7,10-11,14H,1,8-9H2,2-4H3. The van der Waals surface area contributed by atoms with Crippen molar-refractivity contribution in [2.75, 3.05) is 18.5 Å². The minimum Gasteiger partial charge on any atom is -0.356 e. The van der Waals surface area contributed by atoms with E-state index in [4.69, 9.17) is 0 Å². The average Bonchev–Trinajstić information content (AvgIpc) is 2.27. The first-order valence-electron chi connectivity index (χ1n) is 5.64. The highest BCUT2D eigenvalue weighted by molar-refractivity contribution is 5.38. The van der Waals surface area contributed by atoms with Crippen molar-refractivity contribution in [1.29, 1.82) is 0 Å². The Balaban J connectivity index is 2.56. The van der Waals surface area contributed by atoms with Crippen molar-refractivity contribution in [2.45, 2.75) is 26.4 Å². The molecule has 1 aromatic rings. The summed E-state index contributed by atoms with van der Waals surface area (Å²) >= 11 is 0. The zero-order valence-electron chi connectivity index (χ0n) is 10.4. The Kier molecular flexibility index (Phi) is 4.99. The van der Waals surface area contributed by atoms with E-state index < -0.39 is 0 Å². The van der Waals surface area contributed by atoms with Gasteiger partial charge in [-0.3, -0.25) is 0 Å². The number of nitrogens with one attached hydrogen (secondary N) is 1. The molecule has 0 saturated carbocycles. The van der Waals surface area contributed by atoms with Crippen molar-refractivity contribution in [3.8, 4) is 0 Å². The van der Waals surface area contributed by atoms with Crippen molar-refractivity contribution < 1.29 is 0 Å². The molecule has 1 heterocycles. The first kappa shape index (κ1) is 12.7. The number of pyridine rings is 1. The summed E-state index contributed by atoms with van der Waals surface area (Å²) in [6, 6.07) is 4.65. The molecule has 0 aliphatic carbocycles. The number of likely N-dealkylation sites (N-methyl/N-ethyl adjacent to an activating group) is 1. The topological polar surface area (TPSA) is 28.2 Å². The predicted octanol–water partition coefficient (Wildman–Crippen LogP) is 2.20. The number of hydrogen-bond acceptors (Lipinski definition) is 3. The van der Waals surface area contributed by atoms with Crippen molar-refractivity contribution in [3.05, 3.63) is 36.5 Å². The molecule has 0 amide bonds. The number of rotatable bonds is 6. The van der Waals surface area contributed by atoms with Gasteiger partial charge in [-0.25, -0.2) is 4.98 Å².